The lowest BCUT2D eigenvalue weighted by molar-refractivity contribution is -0.121. The van der Waals surface area contributed by atoms with Crippen molar-refractivity contribution < 1.29 is 14.7 Å². The van der Waals surface area contributed by atoms with E-state index in [1.807, 2.05) is 0 Å². The van der Waals surface area contributed by atoms with Gasteiger partial charge in [0.15, 0.2) is 0 Å². The highest BCUT2D eigenvalue weighted by atomic mass is 16.3. The van der Waals surface area contributed by atoms with Gasteiger partial charge in [-0.15, -0.1) is 0 Å². The van der Waals surface area contributed by atoms with Crippen LogP contribution in [0.2, 0.25) is 0 Å². The second-order valence-electron chi connectivity index (χ2n) is 17.5. The van der Waals surface area contributed by atoms with Crippen LogP contribution in [-0.4, -0.2) is 29.4 Å². The summed E-state index contributed by atoms with van der Waals surface area (Å²) in [5, 5.41) is 13.2. The van der Waals surface area contributed by atoms with Crippen LogP contribution >= 0.6 is 0 Å². The number of ketones is 1. The van der Waals surface area contributed by atoms with Gasteiger partial charge in [-0.3, -0.25) is 9.59 Å². The van der Waals surface area contributed by atoms with Crippen LogP contribution in [0.4, 0.5) is 0 Å². The quantitative estimate of drug-likeness (QED) is 0.0478. The van der Waals surface area contributed by atoms with E-state index < -0.39 is 6.10 Å². The summed E-state index contributed by atoms with van der Waals surface area (Å²) in [6.45, 7) is 4.97. The number of hydrogen-bond acceptors (Lipinski definition) is 3. The molecule has 0 aliphatic heterocycles. The van der Waals surface area contributed by atoms with Crippen molar-refractivity contribution in [2.45, 2.75) is 296 Å². The third-order valence-electron chi connectivity index (χ3n) is 11.8. The zero-order valence-electron chi connectivity index (χ0n) is 37.6. The first-order chi connectivity index (χ1) is 27.1. The number of Topliss-reactive ketones (excluding diaryl/α,β-unsaturated/α-hetero) is 1. The molecule has 0 rings (SSSR count). The van der Waals surface area contributed by atoms with Crippen molar-refractivity contribution in [3.05, 3.63) is 12.2 Å². The first kappa shape index (κ1) is 53.8. The van der Waals surface area contributed by atoms with E-state index >= 15 is 0 Å². The minimum Gasteiger partial charge on any atom is -0.391 e. The molecule has 0 spiro atoms. The maximum Gasteiger partial charge on any atom is 0.220 e. The summed E-state index contributed by atoms with van der Waals surface area (Å²) in [5.74, 6) is 0.560. The predicted molar refractivity (Wildman–Crippen MR) is 243 cm³/mol. The number of hydrogen-bond donors (Lipinski definition) is 2. The molecule has 4 heteroatoms. The van der Waals surface area contributed by atoms with E-state index in [4.69, 9.17) is 0 Å². The Kier molecular flexibility index (Phi) is 46.2. The molecular formula is C51H99NO3. The third-order valence-corrected chi connectivity index (χ3v) is 11.8. The van der Waals surface area contributed by atoms with Crippen LogP contribution < -0.4 is 5.32 Å². The molecule has 0 aromatic heterocycles. The van der Waals surface area contributed by atoms with E-state index in [2.05, 4.69) is 31.3 Å². The monoisotopic (exact) mass is 774 g/mol. The molecule has 0 aliphatic carbocycles. The van der Waals surface area contributed by atoms with E-state index in [9.17, 15) is 14.7 Å². The number of rotatable bonds is 47. The molecular weight excluding hydrogens is 675 g/mol. The van der Waals surface area contributed by atoms with Crippen LogP contribution in [0.1, 0.15) is 290 Å². The lowest BCUT2D eigenvalue weighted by Crippen LogP contribution is -2.31. The summed E-state index contributed by atoms with van der Waals surface area (Å²) in [6, 6.07) is 0. The smallest absolute Gasteiger partial charge is 0.220 e. The SMILES string of the molecule is CCCCCCCCC=CCCCCCCCCCCCC(=O)CCCCCCCCCCC(=O)NCC(O)CCCCCCCCCCCCCCCC. The van der Waals surface area contributed by atoms with Crippen molar-refractivity contribution in [3.8, 4) is 0 Å². The average Bonchev–Trinajstić information content (AvgIpc) is 3.18. The molecule has 55 heavy (non-hydrogen) atoms. The Bertz CT molecular complexity index is 795. The third kappa shape index (κ3) is 47.1. The summed E-state index contributed by atoms with van der Waals surface area (Å²) in [5.41, 5.74) is 0. The molecule has 0 aromatic carbocycles. The Morgan fingerprint density at radius 1 is 0.400 bits per heavy atom. The van der Waals surface area contributed by atoms with Crippen LogP contribution in [0.5, 0.6) is 0 Å². The molecule has 0 saturated heterocycles. The van der Waals surface area contributed by atoms with Crippen LogP contribution in [0.15, 0.2) is 12.2 Å². The number of carbonyl (C=O) groups excluding carboxylic acids is 2. The summed E-state index contributed by atoms with van der Waals surface area (Å²) in [6.07, 6.45) is 58.0. The highest BCUT2D eigenvalue weighted by molar-refractivity contribution is 5.78. The molecule has 1 unspecified atom stereocenters. The number of aliphatic hydroxyl groups is 1. The van der Waals surface area contributed by atoms with E-state index in [-0.39, 0.29) is 5.91 Å². The Hall–Kier alpha value is -1.16. The number of unbranched alkanes of at least 4 members (excludes halogenated alkanes) is 35. The van der Waals surface area contributed by atoms with Crippen LogP contribution in [0, 0.1) is 0 Å². The lowest BCUT2D eigenvalue weighted by atomic mass is 10.0. The van der Waals surface area contributed by atoms with Gasteiger partial charge in [-0.05, 0) is 51.4 Å². The molecule has 326 valence electrons. The van der Waals surface area contributed by atoms with Gasteiger partial charge in [0.05, 0.1) is 6.10 Å². The van der Waals surface area contributed by atoms with Crippen LogP contribution in [0.25, 0.3) is 0 Å². The summed E-state index contributed by atoms with van der Waals surface area (Å²) in [4.78, 5) is 24.4. The van der Waals surface area contributed by atoms with Gasteiger partial charge in [-0.25, -0.2) is 0 Å². The Morgan fingerprint density at radius 2 is 0.691 bits per heavy atom. The minimum atomic E-state index is -0.409. The van der Waals surface area contributed by atoms with Crippen molar-refractivity contribution in [2.75, 3.05) is 6.54 Å². The maximum absolute atomic E-state index is 12.3. The van der Waals surface area contributed by atoms with Crippen molar-refractivity contribution in [2.24, 2.45) is 0 Å². The molecule has 0 bridgehead atoms. The Balaban J connectivity index is 3.32. The molecule has 4 nitrogen and oxygen atoms in total. The average molecular weight is 774 g/mol. The van der Waals surface area contributed by atoms with Gasteiger partial charge < -0.3 is 10.4 Å². The molecule has 0 aliphatic rings. The van der Waals surface area contributed by atoms with Crippen LogP contribution in [0.3, 0.4) is 0 Å². The summed E-state index contributed by atoms with van der Waals surface area (Å²) in [7, 11) is 0. The molecule has 0 saturated carbocycles. The molecule has 1 atom stereocenters. The highest BCUT2D eigenvalue weighted by Crippen LogP contribution is 2.16. The zero-order valence-corrected chi connectivity index (χ0v) is 37.6. The van der Waals surface area contributed by atoms with Crippen molar-refractivity contribution in [3.63, 3.8) is 0 Å². The van der Waals surface area contributed by atoms with Gasteiger partial charge in [-0.1, -0.05) is 231 Å². The Morgan fingerprint density at radius 3 is 1.05 bits per heavy atom. The first-order valence-corrected chi connectivity index (χ1v) is 25.2. The molecule has 0 heterocycles. The fraction of sp³-hybridized carbons (Fsp3) is 0.922. The first-order valence-electron chi connectivity index (χ1n) is 25.2. The highest BCUT2D eigenvalue weighted by Gasteiger charge is 2.07. The predicted octanol–water partition coefficient (Wildman–Crippen LogP) is 16.4. The van der Waals surface area contributed by atoms with Crippen molar-refractivity contribution in [1.29, 1.82) is 0 Å². The summed E-state index contributed by atoms with van der Waals surface area (Å²) >= 11 is 0. The van der Waals surface area contributed by atoms with E-state index in [0.29, 0.717) is 18.7 Å². The van der Waals surface area contributed by atoms with Crippen LogP contribution in [-0.2, 0) is 9.59 Å². The van der Waals surface area contributed by atoms with Gasteiger partial charge >= 0.3 is 0 Å². The number of carbonyl (C=O) groups is 2. The zero-order chi connectivity index (χ0) is 40.0. The van der Waals surface area contributed by atoms with Gasteiger partial charge in [0.25, 0.3) is 0 Å². The van der Waals surface area contributed by atoms with Crippen molar-refractivity contribution >= 4 is 11.7 Å². The molecule has 0 aromatic rings. The lowest BCUT2D eigenvalue weighted by Gasteiger charge is -2.12. The minimum absolute atomic E-state index is 0.0862. The number of nitrogens with one attached hydrogen (secondary N) is 1. The fourth-order valence-electron chi connectivity index (χ4n) is 7.89. The van der Waals surface area contributed by atoms with Crippen molar-refractivity contribution in [1.82, 2.24) is 5.32 Å². The largest absolute Gasteiger partial charge is 0.391 e. The second-order valence-corrected chi connectivity index (χ2v) is 17.5. The second kappa shape index (κ2) is 47.2. The van der Waals surface area contributed by atoms with Gasteiger partial charge in [0.2, 0.25) is 5.91 Å². The molecule has 0 radical (unpaired) electrons. The summed E-state index contributed by atoms with van der Waals surface area (Å²) < 4.78 is 0. The Labute approximate surface area is 345 Å². The standard InChI is InChI=1S/C51H99NO3/c1-3-5-7-9-11-13-15-17-19-20-21-22-23-25-26-28-32-36-40-44-49(53)45-41-37-33-30-31-35-39-43-47-51(55)52-48-50(54)46-42-38-34-29-27-24-18-16-14-12-10-8-6-4-2/h17,19,50,54H,3-16,18,20-48H2,1-2H3,(H,52,55). The van der Waals surface area contributed by atoms with Gasteiger partial charge in [0, 0.05) is 25.8 Å². The molecule has 2 N–H and O–H groups in total. The number of amides is 1. The molecule has 0 fully saturated rings. The van der Waals surface area contributed by atoms with E-state index in [0.717, 1.165) is 51.4 Å². The van der Waals surface area contributed by atoms with E-state index in [1.54, 1.807) is 0 Å². The normalized spacial score (nSPS) is 12.2. The topological polar surface area (TPSA) is 66.4 Å². The van der Waals surface area contributed by atoms with Gasteiger partial charge in [-0.2, -0.15) is 0 Å². The number of allylic oxidation sites excluding steroid dienone is 2. The maximum atomic E-state index is 12.3. The molecule has 1 amide bonds. The van der Waals surface area contributed by atoms with Gasteiger partial charge in [0.1, 0.15) is 5.78 Å². The fourth-order valence-corrected chi connectivity index (χ4v) is 7.89. The van der Waals surface area contributed by atoms with E-state index in [1.165, 1.54) is 218 Å². The number of aliphatic hydroxyl groups excluding tert-OH is 1.